The van der Waals surface area contributed by atoms with Gasteiger partial charge in [-0.15, -0.1) is 0 Å². The number of aromatic nitrogens is 2. The predicted octanol–water partition coefficient (Wildman–Crippen LogP) is 3.03. The van der Waals surface area contributed by atoms with E-state index in [1.165, 1.54) is 30.6 Å². The SMILES string of the molecule is Cc1cc(/C=C2\C(=O)NC(=O)N(c3ccncc3)C2=O)c(C)n1-c1ccc(C#N)cc1. The number of nitriles is 1. The lowest BCUT2D eigenvalue weighted by molar-refractivity contribution is -0.122. The Balaban J connectivity index is 1.75. The van der Waals surface area contributed by atoms with Crippen molar-refractivity contribution in [3.05, 3.63) is 82.9 Å². The van der Waals surface area contributed by atoms with E-state index < -0.39 is 17.8 Å². The third kappa shape index (κ3) is 3.49. The molecule has 1 N–H and O–H groups in total. The number of barbiturate groups is 1. The maximum atomic E-state index is 13.0. The summed E-state index contributed by atoms with van der Waals surface area (Å²) >= 11 is 0. The van der Waals surface area contributed by atoms with E-state index in [4.69, 9.17) is 5.26 Å². The lowest BCUT2D eigenvalue weighted by Crippen LogP contribution is -2.54. The van der Waals surface area contributed by atoms with Gasteiger partial charge in [0.05, 0.1) is 17.3 Å². The number of hydrogen-bond donors (Lipinski definition) is 1. The lowest BCUT2D eigenvalue weighted by Gasteiger charge is -2.26. The minimum atomic E-state index is -0.804. The normalized spacial score (nSPS) is 15.2. The summed E-state index contributed by atoms with van der Waals surface area (Å²) in [6.07, 6.45) is 4.41. The second-order valence-electron chi connectivity index (χ2n) is 6.98. The van der Waals surface area contributed by atoms with Gasteiger partial charge in [-0.25, -0.2) is 9.69 Å². The molecule has 0 atom stereocenters. The summed E-state index contributed by atoms with van der Waals surface area (Å²) in [5.41, 5.74) is 3.95. The van der Waals surface area contributed by atoms with Crippen LogP contribution in [-0.2, 0) is 9.59 Å². The first-order valence-corrected chi connectivity index (χ1v) is 9.41. The van der Waals surface area contributed by atoms with Gasteiger partial charge in [0.25, 0.3) is 11.8 Å². The van der Waals surface area contributed by atoms with Gasteiger partial charge < -0.3 is 4.57 Å². The van der Waals surface area contributed by atoms with E-state index in [2.05, 4.69) is 16.4 Å². The molecule has 0 aliphatic carbocycles. The second kappa shape index (κ2) is 7.72. The lowest BCUT2D eigenvalue weighted by atomic mass is 10.1. The van der Waals surface area contributed by atoms with E-state index in [-0.39, 0.29) is 5.57 Å². The standard InChI is InChI=1S/C23H17N5O3/c1-14-11-17(15(2)27(14)18-5-3-16(13-24)4-6-18)12-20-21(29)26-23(31)28(22(20)30)19-7-9-25-10-8-19/h3-12H,1-2H3,(H,26,29,31)/b20-12+. The van der Waals surface area contributed by atoms with Crippen LogP contribution in [0.15, 0.2) is 60.4 Å². The van der Waals surface area contributed by atoms with Crippen LogP contribution in [-0.4, -0.2) is 27.4 Å². The van der Waals surface area contributed by atoms with Crippen molar-refractivity contribution >= 4 is 29.6 Å². The number of urea groups is 1. The molecule has 4 rings (SSSR count). The molecule has 3 aromatic rings. The molecule has 0 bridgehead atoms. The molecule has 152 valence electrons. The first kappa shape index (κ1) is 19.8. The number of carbonyl (C=O) groups is 3. The second-order valence-corrected chi connectivity index (χ2v) is 6.98. The topological polar surface area (TPSA) is 108 Å². The fourth-order valence-electron chi connectivity index (χ4n) is 3.56. The minimum Gasteiger partial charge on any atom is -0.318 e. The molecule has 1 fully saturated rings. The molecule has 0 saturated carbocycles. The van der Waals surface area contributed by atoms with Gasteiger partial charge in [0, 0.05) is 29.5 Å². The number of imide groups is 2. The summed E-state index contributed by atoms with van der Waals surface area (Å²) in [7, 11) is 0. The zero-order valence-electron chi connectivity index (χ0n) is 16.8. The average Bonchev–Trinajstić information content (AvgIpc) is 3.04. The molecular formula is C23H17N5O3. The Morgan fingerprint density at radius 2 is 1.68 bits per heavy atom. The summed E-state index contributed by atoms with van der Waals surface area (Å²) in [6.45, 7) is 3.78. The smallest absolute Gasteiger partial charge is 0.318 e. The highest BCUT2D eigenvalue weighted by molar-refractivity contribution is 6.39. The molecular weight excluding hydrogens is 394 g/mol. The van der Waals surface area contributed by atoms with E-state index in [9.17, 15) is 14.4 Å². The van der Waals surface area contributed by atoms with Gasteiger partial charge in [-0.1, -0.05) is 0 Å². The van der Waals surface area contributed by atoms with Crippen molar-refractivity contribution in [1.29, 1.82) is 5.26 Å². The van der Waals surface area contributed by atoms with Crippen molar-refractivity contribution in [2.24, 2.45) is 0 Å². The highest BCUT2D eigenvalue weighted by Crippen LogP contribution is 2.26. The third-order valence-electron chi connectivity index (χ3n) is 5.05. The molecule has 1 aliphatic heterocycles. The summed E-state index contributed by atoms with van der Waals surface area (Å²) in [6, 6.07) is 13.3. The number of pyridine rings is 1. The number of nitrogens with zero attached hydrogens (tertiary/aromatic N) is 4. The Labute approximate surface area is 178 Å². The Kier molecular flexibility index (Phi) is 4.93. The van der Waals surface area contributed by atoms with E-state index in [1.54, 1.807) is 12.1 Å². The molecule has 1 saturated heterocycles. The van der Waals surface area contributed by atoms with Crippen molar-refractivity contribution in [3.63, 3.8) is 0 Å². The summed E-state index contributed by atoms with van der Waals surface area (Å²) in [5, 5.41) is 11.2. The van der Waals surface area contributed by atoms with Crippen molar-refractivity contribution in [1.82, 2.24) is 14.9 Å². The molecule has 4 amide bonds. The molecule has 0 unspecified atom stereocenters. The number of carbonyl (C=O) groups excluding carboxylic acids is 3. The van der Waals surface area contributed by atoms with Crippen LogP contribution < -0.4 is 10.2 Å². The zero-order valence-corrected chi connectivity index (χ0v) is 16.8. The van der Waals surface area contributed by atoms with Crippen LogP contribution in [0.5, 0.6) is 0 Å². The maximum absolute atomic E-state index is 13.0. The monoisotopic (exact) mass is 411 g/mol. The highest BCUT2D eigenvalue weighted by Gasteiger charge is 2.37. The van der Waals surface area contributed by atoms with Gasteiger partial charge in [-0.2, -0.15) is 5.26 Å². The maximum Gasteiger partial charge on any atom is 0.335 e. The largest absolute Gasteiger partial charge is 0.335 e. The molecule has 31 heavy (non-hydrogen) atoms. The Hall–Kier alpha value is -4.51. The first-order valence-electron chi connectivity index (χ1n) is 9.41. The summed E-state index contributed by atoms with van der Waals surface area (Å²) in [5.74, 6) is -1.45. The summed E-state index contributed by atoms with van der Waals surface area (Å²) in [4.78, 5) is 42.5. The molecule has 1 aromatic carbocycles. The average molecular weight is 411 g/mol. The number of benzene rings is 1. The molecule has 8 nitrogen and oxygen atoms in total. The van der Waals surface area contributed by atoms with Crippen molar-refractivity contribution < 1.29 is 14.4 Å². The third-order valence-corrected chi connectivity index (χ3v) is 5.05. The fraction of sp³-hybridized carbons (Fsp3) is 0.0870. The van der Waals surface area contributed by atoms with E-state index in [0.717, 1.165) is 22.0 Å². The molecule has 8 heteroatoms. The van der Waals surface area contributed by atoms with E-state index in [1.807, 2.05) is 36.6 Å². The Morgan fingerprint density at radius 3 is 2.32 bits per heavy atom. The Bertz CT molecular complexity index is 1280. The van der Waals surface area contributed by atoms with Gasteiger partial charge in [0.1, 0.15) is 5.57 Å². The molecule has 1 aliphatic rings. The highest BCUT2D eigenvalue weighted by atomic mass is 16.2. The fourth-order valence-corrected chi connectivity index (χ4v) is 3.56. The van der Waals surface area contributed by atoms with Gasteiger partial charge >= 0.3 is 6.03 Å². The van der Waals surface area contributed by atoms with Crippen molar-refractivity contribution in [2.75, 3.05) is 4.90 Å². The number of nitrogens with one attached hydrogen (secondary N) is 1. The molecule has 3 heterocycles. The number of rotatable bonds is 3. The van der Waals surface area contributed by atoms with Crippen LogP contribution in [0.4, 0.5) is 10.5 Å². The van der Waals surface area contributed by atoms with Crippen LogP contribution in [0, 0.1) is 25.2 Å². The van der Waals surface area contributed by atoms with E-state index in [0.29, 0.717) is 16.8 Å². The van der Waals surface area contributed by atoms with Crippen LogP contribution >= 0.6 is 0 Å². The minimum absolute atomic E-state index is 0.142. The quantitative estimate of drug-likeness (QED) is 0.526. The van der Waals surface area contributed by atoms with Crippen LogP contribution in [0.3, 0.4) is 0 Å². The summed E-state index contributed by atoms with van der Waals surface area (Å²) < 4.78 is 1.96. The van der Waals surface area contributed by atoms with Crippen molar-refractivity contribution in [3.8, 4) is 11.8 Å². The Morgan fingerprint density at radius 1 is 1.00 bits per heavy atom. The van der Waals surface area contributed by atoms with Crippen LogP contribution in [0.1, 0.15) is 22.5 Å². The van der Waals surface area contributed by atoms with Crippen LogP contribution in [0.2, 0.25) is 0 Å². The van der Waals surface area contributed by atoms with Gasteiger partial charge in [0.15, 0.2) is 0 Å². The first-order chi connectivity index (χ1) is 14.9. The van der Waals surface area contributed by atoms with Crippen molar-refractivity contribution in [2.45, 2.75) is 13.8 Å². The van der Waals surface area contributed by atoms with Gasteiger partial charge in [0.2, 0.25) is 0 Å². The number of hydrogen-bond acceptors (Lipinski definition) is 5. The molecule has 0 spiro atoms. The number of aryl methyl sites for hydroxylation is 1. The molecule has 0 radical (unpaired) electrons. The van der Waals surface area contributed by atoms with E-state index >= 15 is 0 Å². The van der Waals surface area contributed by atoms with Gasteiger partial charge in [-0.05, 0) is 68.0 Å². The van der Waals surface area contributed by atoms with Gasteiger partial charge in [-0.3, -0.25) is 19.9 Å². The number of anilines is 1. The number of amides is 4. The predicted molar refractivity (Wildman–Crippen MR) is 113 cm³/mol. The zero-order chi connectivity index (χ0) is 22.1. The molecule has 2 aromatic heterocycles. The van der Waals surface area contributed by atoms with Crippen LogP contribution in [0.25, 0.3) is 11.8 Å².